The molecule has 0 amide bonds. The zero-order valence-electron chi connectivity index (χ0n) is 5.80. The van der Waals surface area contributed by atoms with E-state index >= 15 is 0 Å². The fraction of sp³-hybridized carbons (Fsp3) is 0.571. The Morgan fingerprint density at radius 3 is 2.22 bits per heavy atom. The molecule has 2 nitrogen and oxygen atoms in total. The predicted molar refractivity (Wildman–Crippen MR) is 37.8 cm³/mol. The van der Waals surface area contributed by atoms with Crippen LogP contribution in [0.4, 0.5) is 0 Å². The van der Waals surface area contributed by atoms with Gasteiger partial charge in [-0.05, 0) is 6.42 Å². The summed E-state index contributed by atoms with van der Waals surface area (Å²) in [5.41, 5.74) is 0. The lowest BCUT2D eigenvalue weighted by molar-refractivity contribution is 0.287. The van der Waals surface area contributed by atoms with Gasteiger partial charge < -0.3 is 5.11 Å². The van der Waals surface area contributed by atoms with Crippen LogP contribution in [0, 0.1) is 11.3 Å². The lowest BCUT2D eigenvalue weighted by Gasteiger charge is -1.79. The fourth-order valence-corrected chi connectivity index (χ4v) is 0.158. The summed E-state index contributed by atoms with van der Waals surface area (Å²) in [6, 6.07) is 1.69. The van der Waals surface area contributed by atoms with E-state index in [0.717, 1.165) is 12.8 Å². The molecule has 0 atom stereocenters. The predicted octanol–water partition coefficient (Wildman–Crippen LogP) is 1.47. The fourth-order valence-electron chi connectivity index (χ4n) is 0.158. The summed E-state index contributed by atoms with van der Waals surface area (Å²) >= 11 is 0. The van der Waals surface area contributed by atoms with Crippen LogP contribution >= 0.6 is 0 Å². The monoisotopic (exact) mass is 127 g/mol. The third-order valence-electron chi connectivity index (χ3n) is 0.603. The van der Waals surface area contributed by atoms with Gasteiger partial charge in [-0.2, -0.15) is 5.26 Å². The average molecular weight is 127 g/mol. The van der Waals surface area contributed by atoms with Crippen molar-refractivity contribution in [1.82, 2.24) is 0 Å². The number of hydrogen-bond acceptors (Lipinski definition) is 2. The molecule has 1 N–H and O–H groups in total. The first-order valence-electron chi connectivity index (χ1n) is 2.94. The molecule has 0 saturated heterocycles. The molecule has 9 heavy (non-hydrogen) atoms. The number of aliphatic hydroxyl groups is 1. The quantitative estimate of drug-likeness (QED) is 0.571. The summed E-state index contributed by atoms with van der Waals surface area (Å²) in [7, 11) is 0. The molecule has 0 aliphatic carbocycles. The maximum atomic E-state index is 8.07. The Hall–Kier alpha value is -0.810. The van der Waals surface area contributed by atoms with Crippen molar-refractivity contribution in [2.24, 2.45) is 0 Å². The van der Waals surface area contributed by atoms with E-state index in [1.807, 2.05) is 0 Å². The van der Waals surface area contributed by atoms with E-state index in [1.54, 1.807) is 6.07 Å². The van der Waals surface area contributed by atoms with Crippen LogP contribution in [0.15, 0.2) is 12.7 Å². The largest absolute Gasteiger partial charge is 0.396 e. The third-order valence-corrected chi connectivity index (χ3v) is 0.603. The van der Waals surface area contributed by atoms with Crippen LogP contribution < -0.4 is 0 Å². The molecule has 0 aromatic carbocycles. The van der Waals surface area contributed by atoms with Gasteiger partial charge in [-0.15, -0.1) is 0 Å². The van der Waals surface area contributed by atoms with Gasteiger partial charge in [-0.3, -0.25) is 0 Å². The van der Waals surface area contributed by atoms with Gasteiger partial charge in [0.2, 0.25) is 0 Å². The SMILES string of the molecule is C=CC#N.CCCCO. The van der Waals surface area contributed by atoms with Crippen molar-refractivity contribution in [2.45, 2.75) is 19.8 Å². The van der Waals surface area contributed by atoms with Crippen LogP contribution in [0.5, 0.6) is 0 Å². The van der Waals surface area contributed by atoms with Gasteiger partial charge in [-0.1, -0.05) is 19.9 Å². The number of rotatable bonds is 2. The summed E-state index contributed by atoms with van der Waals surface area (Å²) in [4.78, 5) is 0. The molecule has 0 unspecified atom stereocenters. The van der Waals surface area contributed by atoms with E-state index in [-0.39, 0.29) is 0 Å². The topological polar surface area (TPSA) is 44.0 Å². The van der Waals surface area contributed by atoms with Crippen molar-refractivity contribution in [3.8, 4) is 6.07 Å². The zero-order valence-corrected chi connectivity index (χ0v) is 5.80. The molecule has 0 saturated carbocycles. The van der Waals surface area contributed by atoms with Crippen LogP contribution in [-0.2, 0) is 0 Å². The highest BCUT2D eigenvalue weighted by atomic mass is 16.2. The lowest BCUT2D eigenvalue weighted by atomic mass is 10.4. The molecule has 0 aromatic rings. The molecule has 0 rings (SSSR count). The molecule has 0 fully saturated rings. The Balaban J connectivity index is 0. The van der Waals surface area contributed by atoms with Crippen LogP contribution in [0.1, 0.15) is 19.8 Å². The Labute approximate surface area is 56.4 Å². The van der Waals surface area contributed by atoms with Gasteiger partial charge >= 0.3 is 0 Å². The number of hydrogen-bond donors (Lipinski definition) is 1. The average Bonchev–Trinajstić information content (AvgIpc) is 1.91. The Morgan fingerprint density at radius 1 is 1.78 bits per heavy atom. The number of nitrogens with zero attached hydrogens (tertiary/aromatic N) is 1. The summed E-state index contributed by atoms with van der Waals surface area (Å²) in [6.45, 7) is 5.51. The molecule has 0 aromatic heterocycles. The van der Waals surface area contributed by atoms with Crippen molar-refractivity contribution in [2.75, 3.05) is 6.61 Å². The highest BCUT2D eigenvalue weighted by Gasteiger charge is 1.69. The summed E-state index contributed by atoms with van der Waals surface area (Å²) in [6.07, 6.45) is 3.22. The summed E-state index contributed by atoms with van der Waals surface area (Å²) in [5, 5.41) is 15.6. The number of aliphatic hydroxyl groups excluding tert-OH is 1. The second kappa shape index (κ2) is 15.7. The highest BCUT2D eigenvalue weighted by molar-refractivity contribution is 4.93. The molecule has 0 aliphatic heterocycles. The first kappa shape index (κ1) is 11.0. The number of allylic oxidation sites excluding steroid dienone is 1. The second-order valence-corrected chi connectivity index (χ2v) is 1.41. The van der Waals surface area contributed by atoms with Crippen molar-refractivity contribution >= 4 is 0 Å². The molecule has 0 radical (unpaired) electrons. The molecule has 0 heterocycles. The molecule has 0 aliphatic rings. The van der Waals surface area contributed by atoms with Gasteiger partial charge in [-0.25, -0.2) is 0 Å². The van der Waals surface area contributed by atoms with Gasteiger partial charge in [0.1, 0.15) is 0 Å². The van der Waals surface area contributed by atoms with Crippen LogP contribution in [0.25, 0.3) is 0 Å². The first-order chi connectivity index (χ1) is 4.33. The molecule has 52 valence electrons. The Bertz CT molecular complexity index is 81.4. The van der Waals surface area contributed by atoms with Crippen molar-refractivity contribution in [3.05, 3.63) is 12.7 Å². The third kappa shape index (κ3) is 40.4. The first-order valence-corrected chi connectivity index (χ1v) is 2.94. The molecule has 0 spiro atoms. The van der Waals surface area contributed by atoms with E-state index < -0.39 is 0 Å². The van der Waals surface area contributed by atoms with Gasteiger partial charge in [0.15, 0.2) is 0 Å². The maximum absolute atomic E-state index is 8.07. The normalized spacial score (nSPS) is 6.33. The van der Waals surface area contributed by atoms with E-state index in [4.69, 9.17) is 10.4 Å². The minimum Gasteiger partial charge on any atom is -0.396 e. The molecule has 0 bridgehead atoms. The number of unbranched alkanes of at least 4 members (excludes halogenated alkanes) is 1. The highest BCUT2D eigenvalue weighted by Crippen LogP contribution is 1.78. The van der Waals surface area contributed by atoms with Crippen molar-refractivity contribution in [3.63, 3.8) is 0 Å². The minimum absolute atomic E-state index is 0.344. The number of nitriles is 1. The van der Waals surface area contributed by atoms with E-state index in [2.05, 4.69) is 13.5 Å². The maximum Gasteiger partial charge on any atom is 0.0905 e. The summed E-state index contributed by atoms with van der Waals surface area (Å²) in [5.74, 6) is 0. The second-order valence-electron chi connectivity index (χ2n) is 1.41. The molecular formula is C7H13NO. The minimum atomic E-state index is 0.344. The van der Waals surface area contributed by atoms with Gasteiger partial charge in [0.25, 0.3) is 0 Å². The Morgan fingerprint density at radius 2 is 2.22 bits per heavy atom. The van der Waals surface area contributed by atoms with Crippen LogP contribution in [0.3, 0.4) is 0 Å². The standard InChI is InChI=1S/C4H10O.C3H3N/c1-2-3-4-5;1-2-3-4/h5H,2-4H2,1H3;2H,1H2. The van der Waals surface area contributed by atoms with E-state index in [1.165, 1.54) is 6.08 Å². The van der Waals surface area contributed by atoms with Crippen LogP contribution in [0.2, 0.25) is 0 Å². The zero-order chi connectivity index (χ0) is 7.54. The van der Waals surface area contributed by atoms with Crippen molar-refractivity contribution in [1.29, 1.82) is 5.26 Å². The Kier molecular flexibility index (Phi) is 19.3. The smallest absolute Gasteiger partial charge is 0.0905 e. The van der Waals surface area contributed by atoms with E-state index in [9.17, 15) is 0 Å². The molecular weight excluding hydrogens is 114 g/mol. The van der Waals surface area contributed by atoms with E-state index in [0.29, 0.717) is 6.61 Å². The van der Waals surface area contributed by atoms with Crippen LogP contribution in [-0.4, -0.2) is 11.7 Å². The molecule has 2 heteroatoms. The van der Waals surface area contributed by atoms with Crippen molar-refractivity contribution < 1.29 is 5.11 Å². The summed E-state index contributed by atoms with van der Waals surface area (Å²) < 4.78 is 0. The van der Waals surface area contributed by atoms with Gasteiger partial charge in [0, 0.05) is 12.7 Å². The lowest BCUT2D eigenvalue weighted by Crippen LogP contribution is -1.75. The van der Waals surface area contributed by atoms with Gasteiger partial charge in [0.05, 0.1) is 6.07 Å².